The lowest BCUT2D eigenvalue weighted by Gasteiger charge is -2.27. The smallest absolute Gasteiger partial charge is 0.244 e. The van der Waals surface area contributed by atoms with Crippen molar-refractivity contribution in [3.63, 3.8) is 0 Å². The maximum absolute atomic E-state index is 11.2. The molecule has 0 bridgehead atoms. The van der Waals surface area contributed by atoms with Gasteiger partial charge in [-0.15, -0.1) is 0 Å². The highest BCUT2D eigenvalue weighted by Crippen LogP contribution is 2.22. The van der Waals surface area contributed by atoms with Crippen LogP contribution in [0.25, 0.3) is 0 Å². The molecule has 1 rings (SSSR count). The minimum absolute atomic E-state index is 0.0620. The molecule has 19 heavy (non-hydrogen) atoms. The number of primary amides is 1. The van der Waals surface area contributed by atoms with E-state index in [0.29, 0.717) is 6.42 Å². The van der Waals surface area contributed by atoms with Crippen LogP contribution >= 0.6 is 0 Å². The highest BCUT2D eigenvalue weighted by Gasteiger charge is 2.20. The topological polar surface area (TPSA) is 103 Å². The van der Waals surface area contributed by atoms with E-state index in [4.69, 9.17) is 16.3 Å². The maximum Gasteiger partial charge on any atom is 0.244 e. The number of carbonyl (C=O) groups excluding carboxylic acids is 1. The molecule has 0 aliphatic heterocycles. The molecule has 0 heterocycles. The standard InChI is InChI=1S/C13H22N4O2/c1-13(2,3)19-10-6-4-9(5-7-10)8-11(12(14)18)16-17-15/h4-6,10-11H,7-8H2,1-3H3,(H2,14,18)(H2,15,16). The summed E-state index contributed by atoms with van der Waals surface area (Å²) in [5.74, 6) is 4.43. The van der Waals surface area contributed by atoms with Gasteiger partial charge in [0.15, 0.2) is 6.04 Å². The van der Waals surface area contributed by atoms with E-state index in [9.17, 15) is 4.79 Å². The minimum atomic E-state index is -0.707. The molecule has 0 saturated carbocycles. The quantitative estimate of drug-likeness (QED) is 0.449. The molecule has 1 aliphatic carbocycles. The Balaban J connectivity index is 2.56. The van der Waals surface area contributed by atoms with Gasteiger partial charge in [-0.25, -0.2) is 0 Å². The van der Waals surface area contributed by atoms with E-state index in [1.54, 1.807) is 0 Å². The number of amides is 1. The average Bonchev–Trinajstić information content (AvgIpc) is 2.29. The van der Waals surface area contributed by atoms with Gasteiger partial charge in [0, 0.05) is 6.42 Å². The Morgan fingerprint density at radius 1 is 1.58 bits per heavy atom. The van der Waals surface area contributed by atoms with E-state index in [2.05, 4.69) is 10.3 Å². The van der Waals surface area contributed by atoms with E-state index < -0.39 is 11.9 Å². The van der Waals surface area contributed by atoms with E-state index in [1.807, 2.05) is 39.0 Å². The van der Waals surface area contributed by atoms with E-state index in [-0.39, 0.29) is 11.7 Å². The largest absolute Gasteiger partial charge is 0.368 e. The molecule has 2 unspecified atom stereocenters. The molecule has 106 valence electrons. The highest BCUT2D eigenvalue weighted by molar-refractivity contribution is 5.80. The van der Waals surface area contributed by atoms with Gasteiger partial charge in [-0.1, -0.05) is 23.5 Å². The Morgan fingerprint density at radius 3 is 2.68 bits per heavy atom. The molecule has 0 fully saturated rings. The molecule has 0 aromatic heterocycles. The molecule has 2 atom stereocenters. The molecule has 0 aromatic carbocycles. The molecule has 0 spiro atoms. The molecule has 1 amide bonds. The summed E-state index contributed by atoms with van der Waals surface area (Å²) in [6.07, 6.45) is 7.19. The second kappa shape index (κ2) is 6.47. The van der Waals surface area contributed by atoms with Crippen molar-refractivity contribution in [3.8, 4) is 0 Å². The summed E-state index contributed by atoms with van der Waals surface area (Å²) >= 11 is 0. The number of nitrogens with two attached hydrogens (primary N) is 2. The zero-order valence-corrected chi connectivity index (χ0v) is 11.7. The van der Waals surface area contributed by atoms with Crippen molar-refractivity contribution >= 4 is 5.91 Å². The van der Waals surface area contributed by atoms with Gasteiger partial charge in [-0.3, -0.25) is 4.79 Å². The Bertz CT molecular complexity index is 407. The Hall–Kier alpha value is -1.69. The second-order valence-electron chi connectivity index (χ2n) is 5.50. The number of ether oxygens (including phenoxy) is 1. The fraction of sp³-hybridized carbons (Fsp3) is 0.615. The molecule has 6 heteroatoms. The van der Waals surface area contributed by atoms with Crippen LogP contribution in [0.5, 0.6) is 0 Å². The third-order valence-electron chi connectivity index (χ3n) is 2.61. The number of carbonyl (C=O) groups is 1. The average molecular weight is 266 g/mol. The molecule has 1 aliphatic rings. The summed E-state index contributed by atoms with van der Waals surface area (Å²) in [7, 11) is 0. The van der Waals surface area contributed by atoms with Gasteiger partial charge in [0.05, 0.1) is 11.7 Å². The number of nitrogens with zero attached hydrogens (tertiary/aromatic N) is 2. The van der Waals surface area contributed by atoms with E-state index >= 15 is 0 Å². The molecular weight excluding hydrogens is 244 g/mol. The number of hydrogen-bond donors (Lipinski definition) is 2. The molecule has 6 nitrogen and oxygen atoms in total. The fourth-order valence-corrected chi connectivity index (χ4v) is 1.84. The molecule has 0 saturated heterocycles. The molecule has 0 aromatic rings. The summed E-state index contributed by atoms with van der Waals surface area (Å²) in [5, 5.41) is 6.75. The predicted octanol–water partition coefficient (Wildman–Crippen LogP) is 1.63. The maximum atomic E-state index is 11.2. The lowest BCUT2D eigenvalue weighted by Crippen LogP contribution is -2.28. The van der Waals surface area contributed by atoms with Gasteiger partial charge in [0.1, 0.15) is 0 Å². The van der Waals surface area contributed by atoms with E-state index in [0.717, 1.165) is 12.0 Å². The highest BCUT2D eigenvalue weighted by atomic mass is 16.5. The van der Waals surface area contributed by atoms with Crippen molar-refractivity contribution in [3.05, 3.63) is 23.8 Å². The molecule has 4 N–H and O–H groups in total. The number of rotatable bonds is 5. The van der Waals surface area contributed by atoms with Gasteiger partial charge in [-0.05, 0) is 32.8 Å². The first-order chi connectivity index (χ1) is 8.81. The zero-order valence-electron chi connectivity index (χ0n) is 11.7. The third-order valence-corrected chi connectivity index (χ3v) is 2.61. The van der Waals surface area contributed by atoms with Crippen LogP contribution in [0.15, 0.2) is 34.1 Å². The fourth-order valence-electron chi connectivity index (χ4n) is 1.84. The first-order valence-electron chi connectivity index (χ1n) is 6.26. The van der Waals surface area contributed by atoms with E-state index in [1.165, 1.54) is 0 Å². The first kappa shape index (κ1) is 15.4. The van der Waals surface area contributed by atoms with Crippen LogP contribution in [0.3, 0.4) is 0 Å². The summed E-state index contributed by atoms with van der Waals surface area (Å²) in [5.41, 5.74) is 6.04. The van der Waals surface area contributed by atoms with Crippen molar-refractivity contribution in [2.45, 2.75) is 51.4 Å². The van der Waals surface area contributed by atoms with Crippen LogP contribution in [0.2, 0.25) is 0 Å². The minimum Gasteiger partial charge on any atom is -0.368 e. The summed E-state index contributed by atoms with van der Waals surface area (Å²) in [4.78, 5) is 11.2. The Morgan fingerprint density at radius 2 is 2.26 bits per heavy atom. The van der Waals surface area contributed by atoms with Crippen LogP contribution in [-0.4, -0.2) is 23.7 Å². The van der Waals surface area contributed by atoms with Crippen LogP contribution in [0.4, 0.5) is 0 Å². The first-order valence-corrected chi connectivity index (χ1v) is 6.26. The zero-order chi connectivity index (χ0) is 14.5. The van der Waals surface area contributed by atoms with Crippen molar-refractivity contribution in [2.75, 3.05) is 0 Å². The van der Waals surface area contributed by atoms with Crippen LogP contribution < -0.4 is 11.6 Å². The predicted molar refractivity (Wildman–Crippen MR) is 73.1 cm³/mol. The van der Waals surface area contributed by atoms with Gasteiger partial charge >= 0.3 is 0 Å². The Labute approximate surface area is 113 Å². The summed E-state index contributed by atoms with van der Waals surface area (Å²) < 4.78 is 5.84. The molecular formula is C13H22N4O2. The SMILES string of the molecule is CC(C)(C)OC1C=CC(CC(/N=N/N)C(N)=O)=CC1. The van der Waals surface area contributed by atoms with Gasteiger partial charge in [0.25, 0.3) is 0 Å². The van der Waals surface area contributed by atoms with Crippen LogP contribution in [0.1, 0.15) is 33.6 Å². The second-order valence-corrected chi connectivity index (χ2v) is 5.50. The lowest BCUT2D eigenvalue weighted by molar-refractivity contribution is -0.119. The Kier molecular flexibility index (Phi) is 5.23. The normalized spacial score (nSPS) is 21.4. The van der Waals surface area contributed by atoms with Crippen molar-refractivity contribution < 1.29 is 9.53 Å². The number of allylic oxidation sites excluding steroid dienone is 1. The molecule has 0 radical (unpaired) electrons. The van der Waals surface area contributed by atoms with Gasteiger partial charge in [0.2, 0.25) is 5.91 Å². The third kappa shape index (κ3) is 5.65. The van der Waals surface area contributed by atoms with Crippen LogP contribution in [0, 0.1) is 0 Å². The number of hydrogen-bond acceptors (Lipinski definition) is 4. The lowest BCUT2D eigenvalue weighted by atomic mass is 9.98. The van der Waals surface area contributed by atoms with Crippen molar-refractivity contribution in [2.24, 2.45) is 21.9 Å². The van der Waals surface area contributed by atoms with Gasteiger partial charge < -0.3 is 16.3 Å². The van der Waals surface area contributed by atoms with Crippen molar-refractivity contribution in [1.82, 2.24) is 0 Å². The monoisotopic (exact) mass is 266 g/mol. The summed E-state index contributed by atoms with van der Waals surface area (Å²) in [6.45, 7) is 6.06. The van der Waals surface area contributed by atoms with Gasteiger partial charge in [-0.2, -0.15) is 5.11 Å². The van der Waals surface area contributed by atoms with Crippen LogP contribution in [-0.2, 0) is 9.53 Å². The summed E-state index contributed by atoms with van der Waals surface area (Å²) in [6, 6.07) is -0.707. The van der Waals surface area contributed by atoms with Crippen molar-refractivity contribution in [1.29, 1.82) is 0 Å².